The summed E-state index contributed by atoms with van der Waals surface area (Å²) in [6.07, 6.45) is 2.02. The van der Waals surface area contributed by atoms with Gasteiger partial charge in [0.05, 0.1) is 4.92 Å². The second-order valence-corrected chi connectivity index (χ2v) is 7.16. The highest BCUT2D eigenvalue weighted by molar-refractivity contribution is 6.05. The van der Waals surface area contributed by atoms with Crippen molar-refractivity contribution in [3.63, 3.8) is 0 Å². The van der Waals surface area contributed by atoms with Gasteiger partial charge in [0.1, 0.15) is 5.69 Å². The Morgan fingerprint density at radius 2 is 1.89 bits per heavy atom. The van der Waals surface area contributed by atoms with Gasteiger partial charge < -0.3 is 16.0 Å². The van der Waals surface area contributed by atoms with E-state index < -0.39 is 10.8 Å². The predicted octanol–water partition coefficient (Wildman–Crippen LogP) is 4.40. The molecule has 1 amide bonds. The van der Waals surface area contributed by atoms with Crippen LogP contribution in [0.15, 0.2) is 36.4 Å². The van der Waals surface area contributed by atoms with Gasteiger partial charge in [0.2, 0.25) is 0 Å². The van der Waals surface area contributed by atoms with Crippen LogP contribution in [0.5, 0.6) is 0 Å². The van der Waals surface area contributed by atoms with Gasteiger partial charge in [-0.2, -0.15) is 0 Å². The van der Waals surface area contributed by atoms with Crippen molar-refractivity contribution in [1.29, 1.82) is 0 Å². The minimum atomic E-state index is -0.421. The summed E-state index contributed by atoms with van der Waals surface area (Å²) in [5.74, 6) is 0.234. The van der Waals surface area contributed by atoms with Crippen LogP contribution in [-0.4, -0.2) is 23.9 Å². The summed E-state index contributed by atoms with van der Waals surface area (Å²) in [4.78, 5) is 25.8. The van der Waals surface area contributed by atoms with Gasteiger partial charge in [0, 0.05) is 36.1 Å². The maximum absolute atomic E-state index is 12.6. The molecule has 1 heterocycles. The summed E-state index contributed by atoms with van der Waals surface area (Å²) in [6, 6.07) is 9.90. The van der Waals surface area contributed by atoms with E-state index in [2.05, 4.69) is 12.2 Å². The van der Waals surface area contributed by atoms with Crippen LogP contribution in [0.2, 0.25) is 0 Å². The molecule has 7 nitrogen and oxygen atoms in total. The molecule has 28 heavy (non-hydrogen) atoms. The van der Waals surface area contributed by atoms with Gasteiger partial charge in [-0.25, -0.2) is 0 Å². The molecule has 0 saturated carbocycles. The fourth-order valence-corrected chi connectivity index (χ4v) is 3.30. The molecule has 0 atom stereocenters. The maximum Gasteiger partial charge on any atom is 0.293 e. The number of hydrogen-bond donors (Lipinski definition) is 2. The molecule has 0 bridgehead atoms. The van der Waals surface area contributed by atoms with Crippen molar-refractivity contribution in [2.75, 3.05) is 29.0 Å². The monoisotopic (exact) mass is 404 g/mol. The summed E-state index contributed by atoms with van der Waals surface area (Å²) in [6.45, 7) is 5.63. The Hall–Kier alpha value is -2.80. The van der Waals surface area contributed by atoms with E-state index in [1.807, 2.05) is 17.9 Å². The fourth-order valence-electron chi connectivity index (χ4n) is 3.30. The predicted molar refractivity (Wildman–Crippen MR) is 115 cm³/mol. The number of nitrogens with two attached hydrogens (primary N) is 1. The molecule has 1 aliphatic heterocycles. The Morgan fingerprint density at radius 1 is 1.21 bits per heavy atom. The van der Waals surface area contributed by atoms with E-state index in [-0.39, 0.29) is 23.7 Å². The zero-order chi connectivity index (χ0) is 19.6. The second-order valence-electron chi connectivity index (χ2n) is 7.16. The number of rotatable bonds is 4. The Bertz CT molecular complexity index is 880. The number of hydrogen-bond acceptors (Lipinski definition) is 5. The average Bonchev–Trinajstić information content (AvgIpc) is 2.65. The van der Waals surface area contributed by atoms with Crippen LogP contribution in [0.25, 0.3) is 0 Å². The standard InChI is InChI=1S/C20H24N4O3.ClH/c1-13-7-9-23(10-8-13)18-6-4-15(11-19(18)24(26)27)20(25)22-17-12-16(21)5-3-14(17)2;/h3-6,11-13H,7-10,21H2,1-2H3,(H,22,25);1H. The van der Waals surface area contributed by atoms with E-state index in [0.717, 1.165) is 31.5 Å². The smallest absolute Gasteiger partial charge is 0.293 e. The Morgan fingerprint density at radius 3 is 2.54 bits per heavy atom. The molecule has 0 spiro atoms. The summed E-state index contributed by atoms with van der Waals surface area (Å²) in [7, 11) is 0. The number of benzene rings is 2. The number of carbonyl (C=O) groups excluding carboxylic acids is 1. The first-order valence-electron chi connectivity index (χ1n) is 9.06. The highest BCUT2D eigenvalue weighted by Crippen LogP contribution is 2.32. The molecule has 1 fully saturated rings. The van der Waals surface area contributed by atoms with E-state index in [1.54, 1.807) is 24.3 Å². The van der Waals surface area contributed by atoms with E-state index >= 15 is 0 Å². The SMILES string of the molecule is Cc1ccc(N)cc1NC(=O)c1ccc(N2CCC(C)CC2)c([N+](=O)[O-])c1.Cl. The van der Waals surface area contributed by atoms with Gasteiger partial charge in [-0.05, 0) is 55.5 Å². The van der Waals surface area contributed by atoms with Crippen molar-refractivity contribution < 1.29 is 9.72 Å². The van der Waals surface area contributed by atoms with E-state index in [4.69, 9.17) is 5.73 Å². The van der Waals surface area contributed by atoms with Crippen LogP contribution in [0.4, 0.5) is 22.7 Å². The number of anilines is 3. The third kappa shape index (κ3) is 4.72. The first kappa shape index (κ1) is 21.5. The number of amides is 1. The number of nitrogens with one attached hydrogen (secondary N) is 1. The molecular formula is C20H25ClN4O3. The maximum atomic E-state index is 12.6. The van der Waals surface area contributed by atoms with Crippen molar-refractivity contribution in [1.82, 2.24) is 0 Å². The summed E-state index contributed by atoms with van der Waals surface area (Å²) >= 11 is 0. The Labute approximate surface area is 170 Å². The van der Waals surface area contributed by atoms with Crippen LogP contribution in [0.3, 0.4) is 0 Å². The fraction of sp³-hybridized carbons (Fsp3) is 0.350. The number of nitrogens with zero attached hydrogens (tertiary/aromatic N) is 2. The van der Waals surface area contributed by atoms with Crippen LogP contribution in [-0.2, 0) is 0 Å². The first-order chi connectivity index (χ1) is 12.8. The first-order valence-corrected chi connectivity index (χ1v) is 9.06. The lowest BCUT2D eigenvalue weighted by molar-refractivity contribution is -0.384. The van der Waals surface area contributed by atoms with Crippen LogP contribution in [0.1, 0.15) is 35.7 Å². The molecule has 150 valence electrons. The van der Waals surface area contributed by atoms with Gasteiger partial charge >= 0.3 is 0 Å². The summed E-state index contributed by atoms with van der Waals surface area (Å²) in [5, 5.41) is 14.4. The number of nitrogen functional groups attached to an aromatic ring is 1. The number of carbonyl (C=O) groups is 1. The molecule has 2 aromatic carbocycles. The zero-order valence-electron chi connectivity index (χ0n) is 16.0. The van der Waals surface area contributed by atoms with E-state index in [1.165, 1.54) is 6.07 Å². The topological polar surface area (TPSA) is 102 Å². The molecule has 1 saturated heterocycles. The van der Waals surface area contributed by atoms with Crippen molar-refractivity contribution in [2.24, 2.45) is 5.92 Å². The lowest BCUT2D eigenvalue weighted by Crippen LogP contribution is -2.33. The van der Waals surface area contributed by atoms with E-state index in [0.29, 0.717) is 23.0 Å². The molecule has 3 rings (SSSR count). The molecule has 1 aliphatic rings. The largest absolute Gasteiger partial charge is 0.399 e. The molecular weight excluding hydrogens is 380 g/mol. The molecule has 0 aromatic heterocycles. The van der Waals surface area contributed by atoms with Crippen LogP contribution < -0.4 is 16.0 Å². The summed E-state index contributed by atoms with van der Waals surface area (Å²) in [5.41, 5.74) is 8.55. The molecule has 8 heteroatoms. The Kier molecular flexibility index (Phi) is 6.85. The minimum Gasteiger partial charge on any atom is -0.399 e. The lowest BCUT2D eigenvalue weighted by atomic mass is 9.98. The van der Waals surface area contributed by atoms with Crippen LogP contribution in [0, 0.1) is 23.0 Å². The summed E-state index contributed by atoms with van der Waals surface area (Å²) < 4.78 is 0. The molecule has 3 N–H and O–H groups in total. The third-order valence-electron chi connectivity index (χ3n) is 5.07. The Balaban J connectivity index is 0.00000280. The second kappa shape index (κ2) is 8.93. The zero-order valence-corrected chi connectivity index (χ0v) is 16.8. The van der Waals surface area contributed by atoms with Gasteiger partial charge in [0.15, 0.2) is 0 Å². The number of halogens is 1. The van der Waals surface area contributed by atoms with Crippen LogP contribution >= 0.6 is 12.4 Å². The number of aryl methyl sites for hydroxylation is 1. The molecule has 0 radical (unpaired) electrons. The quantitative estimate of drug-likeness (QED) is 0.447. The van der Waals surface area contributed by atoms with Gasteiger partial charge in [0.25, 0.3) is 11.6 Å². The van der Waals surface area contributed by atoms with Gasteiger partial charge in [-0.15, -0.1) is 12.4 Å². The van der Waals surface area contributed by atoms with E-state index in [9.17, 15) is 14.9 Å². The average molecular weight is 405 g/mol. The highest BCUT2D eigenvalue weighted by Gasteiger charge is 2.24. The van der Waals surface area contributed by atoms with Crippen molar-refractivity contribution in [2.45, 2.75) is 26.7 Å². The van der Waals surface area contributed by atoms with Crippen molar-refractivity contribution in [3.8, 4) is 0 Å². The van der Waals surface area contributed by atoms with Gasteiger partial charge in [-0.1, -0.05) is 13.0 Å². The number of piperidine rings is 1. The molecule has 2 aromatic rings. The van der Waals surface area contributed by atoms with Crippen molar-refractivity contribution >= 4 is 41.1 Å². The van der Waals surface area contributed by atoms with Gasteiger partial charge in [-0.3, -0.25) is 14.9 Å². The number of nitro benzene ring substituents is 1. The highest BCUT2D eigenvalue weighted by atomic mass is 35.5. The number of nitro groups is 1. The normalized spacial score (nSPS) is 14.3. The molecule has 0 unspecified atom stereocenters. The minimum absolute atomic E-state index is 0. The van der Waals surface area contributed by atoms with Crippen molar-refractivity contribution in [3.05, 3.63) is 57.6 Å². The lowest BCUT2D eigenvalue weighted by Gasteiger charge is -2.31. The molecule has 0 aliphatic carbocycles. The third-order valence-corrected chi connectivity index (χ3v) is 5.07.